The number of rotatable bonds is 29. The molecule has 28 nitrogen and oxygen atoms in total. The third kappa shape index (κ3) is 16.1. The normalized spacial score (nSPS) is 25.5. The maximum atomic E-state index is 14.1. The number of aryl methyl sites for hydroxylation is 1. The number of benzene rings is 3. The van der Waals surface area contributed by atoms with Gasteiger partial charge in [0.25, 0.3) is 10.1 Å². The Morgan fingerprint density at radius 3 is 2.39 bits per heavy atom. The molecule has 4 bridgehead atoms. The summed E-state index contributed by atoms with van der Waals surface area (Å²) in [5.41, 5.74) is 10.7. The lowest BCUT2D eigenvalue weighted by atomic mass is 9.39. The van der Waals surface area contributed by atoms with E-state index in [1.165, 1.54) is 41.5 Å². The van der Waals surface area contributed by atoms with Crippen molar-refractivity contribution in [2.24, 2.45) is 22.0 Å². The van der Waals surface area contributed by atoms with Crippen LogP contribution in [0.15, 0.2) is 79.0 Å². The van der Waals surface area contributed by atoms with Crippen molar-refractivity contribution in [2.45, 2.75) is 128 Å². The summed E-state index contributed by atoms with van der Waals surface area (Å²) >= 11 is 1.40. The van der Waals surface area contributed by atoms with Gasteiger partial charge in [0.1, 0.15) is 43.0 Å². The molecule has 10 N–H and O–H groups in total. The zero-order valence-corrected chi connectivity index (χ0v) is 55.5. The van der Waals surface area contributed by atoms with Crippen molar-refractivity contribution in [1.82, 2.24) is 30.0 Å². The van der Waals surface area contributed by atoms with E-state index in [0.29, 0.717) is 46.2 Å². The number of hydrogen-bond donors (Lipinski definition) is 9. The summed E-state index contributed by atoms with van der Waals surface area (Å²) in [6.07, 6.45) is -1.43. The molecule has 6 aliphatic rings. The van der Waals surface area contributed by atoms with Gasteiger partial charge in [0, 0.05) is 92.1 Å². The molecule has 3 aromatic carbocycles. The van der Waals surface area contributed by atoms with Gasteiger partial charge < -0.3 is 74.6 Å². The highest BCUT2D eigenvalue weighted by Crippen LogP contribution is 2.72. The Kier molecular flexibility index (Phi) is 21.1. The highest BCUT2D eigenvalue weighted by atomic mass is 32.2. The van der Waals surface area contributed by atoms with Crippen LogP contribution in [0.1, 0.15) is 86.1 Å². The number of nitrogens with one attached hydrogen (secondary N) is 2. The van der Waals surface area contributed by atoms with Crippen molar-refractivity contribution in [2.75, 3.05) is 88.8 Å². The first-order chi connectivity index (χ1) is 45.7. The molecule has 0 spiro atoms. The number of para-hydroxylation sites is 1. The van der Waals surface area contributed by atoms with E-state index in [4.69, 9.17) is 53.5 Å². The Morgan fingerprint density at radius 2 is 1.65 bits per heavy atom. The number of aliphatic hydroxyl groups is 3. The van der Waals surface area contributed by atoms with Crippen LogP contribution in [0.25, 0.3) is 32.6 Å². The molecule has 4 saturated carbocycles. The molecule has 30 heteroatoms. The number of methoxy groups -OCH3 is 1. The van der Waals surface area contributed by atoms with Crippen molar-refractivity contribution in [3.63, 3.8) is 0 Å². The SMILES string of the molecule is COCCN(CCOC12CC3(C)CC(C)(CC(Cn4ncc(-c5ccc(-c6ccc7c(c6)N(C(=O)Nc6nc8ccccc8s6)CCC7)nc5C(=O)O)c4C)(C3)C1)C2)C(=O)OCc1ccc(O[C@H]2O[C@@H](C(=O)O)[C@H](O)[C@@H](O)[C@@H]2O)cc1OCCOCCNC[C@@H](N)CS(=O)(=O)O. The van der Waals surface area contributed by atoms with Gasteiger partial charge >= 0.3 is 24.1 Å². The van der Waals surface area contributed by atoms with E-state index in [9.17, 15) is 53.1 Å². The quantitative estimate of drug-likeness (QED) is 0.0189. The number of aromatic carboxylic acids is 1. The van der Waals surface area contributed by atoms with Gasteiger partial charge in [0.05, 0.1) is 59.9 Å². The number of hydrogen-bond acceptors (Lipinski definition) is 22. The molecule has 4 aliphatic carbocycles. The number of aromatic nitrogens is 4. The first-order valence-corrected chi connectivity index (χ1v) is 34.4. The monoisotopic (exact) mass is 1370 g/mol. The van der Waals surface area contributed by atoms with Crippen LogP contribution in [-0.2, 0) is 58.2 Å². The number of ether oxygens (including phenoxy) is 7. The van der Waals surface area contributed by atoms with Gasteiger partial charge in [-0.3, -0.25) is 19.5 Å². The van der Waals surface area contributed by atoms with E-state index in [0.717, 1.165) is 78.5 Å². The molecule has 5 heterocycles. The number of thiazole rings is 1. The zero-order valence-electron chi connectivity index (χ0n) is 53.9. The lowest BCUT2D eigenvalue weighted by molar-refractivity contribution is -0.271. The Balaban J connectivity index is 0.743. The van der Waals surface area contributed by atoms with E-state index in [1.54, 1.807) is 17.2 Å². The number of fused-ring (bicyclic) bond motifs is 2. The Labute approximate surface area is 558 Å². The van der Waals surface area contributed by atoms with Crippen LogP contribution < -0.4 is 30.7 Å². The number of nitrogens with two attached hydrogens (primary N) is 1. The predicted molar refractivity (Wildman–Crippen MR) is 351 cm³/mol. The molecule has 2 unspecified atom stereocenters. The number of urea groups is 1. The standard InChI is InChI=1S/C66H83N9O19S2/c1-39-46(45-15-16-47(70-52(45)57(79)80)41-12-11-40-8-7-18-74(49(40)26-41)61(83)72-60-71-48-9-5-6-10-51(48)95-60)29-69-75(39)38-65-33-63(2)32-64(3,34-65)36-66(35-63,37-65)92-23-20-73(19-22-88-4)62(84)91-30-42-13-14-44(93-59-55(78)53(76)54(77)56(94-59)58(81)82)27-50(42)90-25-24-89-21-17-68-28-43(67)31-96(85,86)87/h5-6,9-16,26-27,29,43,53-56,59,68,76-78H,7-8,17-25,28,30-38,67H2,1-4H3,(H,79,80)(H,81,82)(H,71,72,83)(H,85,86,87)/t43-,53-,54-,55+,56-,59+,63?,64?,65?,66?/m1/s1. The second kappa shape index (κ2) is 28.9. The molecule has 3 aromatic heterocycles. The third-order valence-electron chi connectivity index (χ3n) is 18.7. The van der Waals surface area contributed by atoms with Gasteiger partial charge in [-0.25, -0.2) is 29.1 Å². The maximum absolute atomic E-state index is 14.1. The number of carboxylic acid groups (broad SMARTS) is 2. The summed E-state index contributed by atoms with van der Waals surface area (Å²) in [4.78, 5) is 65.5. The molecule has 0 radical (unpaired) electrons. The molecular formula is C66H83N9O19S2. The second-order valence-corrected chi connectivity index (χ2v) is 29.3. The minimum absolute atomic E-state index is 0.00253. The number of anilines is 2. The second-order valence-electron chi connectivity index (χ2n) is 26.8. The van der Waals surface area contributed by atoms with Gasteiger partial charge in [-0.05, 0) is 123 Å². The van der Waals surface area contributed by atoms with Crippen molar-refractivity contribution in [3.05, 3.63) is 102 Å². The van der Waals surface area contributed by atoms with Crippen LogP contribution in [0.3, 0.4) is 0 Å². The molecule has 3 amide bonds. The highest BCUT2D eigenvalue weighted by Gasteiger charge is 2.66. The van der Waals surface area contributed by atoms with Crippen molar-refractivity contribution in [3.8, 4) is 33.9 Å². The van der Waals surface area contributed by atoms with Crippen molar-refractivity contribution >= 4 is 66.6 Å². The lowest BCUT2D eigenvalue weighted by Crippen LogP contribution is -2.64. The van der Waals surface area contributed by atoms with Gasteiger partial charge in [-0.1, -0.05) is 49.4 Å². The molecule has 6 aromatic rings. The van der Waals surface area contributed by atoms with E-state index in [-0.39, 0.29) is 105 Å². The Hall–Kier alpha value is -7.46. The largest absolute Gasteiger partial charge is 0.491 e. The average Bonchev–Trinajstić information content (AvgIpc) is 0.707. The number of aliphatic carboxylic acids is 1. The van der Waals surface area contributed by atoms with Gasteiger partial charge in [0.2, 0.25) is 6.29 Å². The van der Waals surface area contributed by atoms with E-state index in [1.807, 2.05) is 60.1 Å². The Bertz CT molecular complexity index is 3890. The summed E-state index contributed by atoms with van der Waals surface area (Å²) in [5.74, 6) is -3.25. The van der Waals surface area contributed by atoms with Gasteiger partial charge in [0.15, 0.2) is 16.9 Å². The highest BCUT2D eigenvalue weighted by molar-refractivity contribution is 7.85. The Morgan fingerprint density at radius 1 is 0.875 bits per heavy atom. The summed E-state index contributed by atoms with van der Waals surface area (Å²) in [7, 11) is -2.71. The molecule has 1 saturated heterocycles. The minimum Gasteiger partial charge on any atom is -0.491 e. The van der Waals surface area contributed by atoms with Crippen LogP contribution in [0.5, 0.6) is 11.5 Å². The number of pyridine rings is 1. The van der Waals surface area contributed by atoms with Crippen LogP contribution in [0.2, 0.25) is 0 Å². The summed E-state index contributed by atoms with van der Waals surface area (Å²) < 4.78 is 75.6. The van der Waals surface area contributed by atoms with Crippen LogP contribution in [0, 0.1) is 23.2 Å². The number of aliphatic hydroxyl groups excluding tert-OH is 3. The average molecular weight is 1370 g/mol. The van der Waals surface area contributed by atoms with Crippen LogP contribution in [0.4, 0.5) is 20.4 Å². The van der Waals surface area contributed by atoms with Crippen molar-refractivity contribution in [1.29, 1.82) is 0 Å². The number of nitrogens with zero attached hydrogens (tertiary/aromatic N) is 6. The number of carbonyl (C=O) groups excluding carboxylic acids is 2. The number of amides is 3. The molecular weight excluding hydrogens is 1290 g/mol. The molecule has 5 fully saturated rings. The first kappa shape index (κ1) is 69.9. The first-order valence-electron chi connectivity index (χ1n) is 32.0. The lowest BCUT2D eigenvalue weighted by Gasteiger charge is -2.69. The minimum atomic E-state index is -4.24. The van der Waals surface area contributed by atoms with Crippen LogP contribution in [-0.4, -0.2) is 208 Å². The zero-order chi connectivity index (χ0) is 68.3. The third-order valence-corrected chi connectivity index (χ3v) is 20.5. The molecule has 2 aliphatic heterocycles. The van der Waals surface area contributed by atoms with Gasteiger partial charge in [-0.2, -0.15) is 13.5 Å². The summed E-state index contributed by atoms with van der Waals surface area (Å²) in [6, 6.07) is 20.3. The molecule has 8 atom stereocenters. The van der Waals surface area contributed by atoms with E-state index in [2.05, 4.69) is 29.5 Å². The van der Waals surface area contributed by atoms with E-state index >= 15 is 0 Å². The van der Waals surface area contributed by atoms with Crippen molar-refractivity contribution < 1.29 is 90.8 Å². The maximum Gasteiger partial charge on any atom is 0.410 e. The van der Waals surface area contributed by atoms with Crippen LogP contribution >= 0.6 is 11.3 Å². The predicted octanol–water partition coefficient (Wildman–Crippen LogP) is 6.11. The summed E-state index contributed by atoms with van der Waals surface area (Å²) in [5, 5.41) is 63.0. The summed E-state index contributed by atoms with van der Waals surface area (Å²) in [6.45, 7) is 8.68. The molecule has 518 valence electrons. The van der Waals surface area contributed by atoms with E-state index < -0.39 is 76.3 Å². The number of carboxylic acids is 2. The fourth-order valence-corrected chi connectivity index (χ4v) is 17.2. The fourth-order valence-electron chi connectivity index (χ4n) is 15.7. The fraction of sp³-hybridized carbons (Fsp3) is 0.530. The number of carbonyl (C=O) groups is 4. The van der Waals surface area contributed by atoms with Gasteiger partial charge in [-0.15, -0.1) is 0 Å². The topological polar surface area (TPSA) is 389 Å². The molecule has 96 heavy (non-hydrogen) atoms. The smallest absolute Gasteiger partial charge is 0.410 e. The molecule has 12 rings (SSSR count).